The number of nitrogens with one attached hydrogen (secondary N) is 1. The van der Waals surface area contributed by atoms with E-state index in [4.69, 9.17) is 0 Å². The van der Waals surface area contributed by atoms with Crippen LogP contribution in [0.25, 0.3) is 0 Å². The lowest BCUT2D eigenvalue weighted by Gasteiger charge is -2.23. The molecule has 0 radical (unpaired) electrons. The summed E-state index contributed by atoms with van der Waals surface area (Å²) in [6, 6.07) is 0.514. The van der Waals surface area contributed by atoms with Crippen molar-refractivity contribution in [1.29, 1.82) is 0 Å². The summed E-state index contributed by atoms with van der Waals surface area (Å²) in [5.74, 6) is 0. The average molecular weight is 294 g/mol. The van der Waals surface area contributed by atoms with Crippen LogP contribution < -0.4 is 5.32 Å². The fourth-order valence-corrected chi connectivity index (χ4v) is 2.51. The Kier molecular flexibility index (Phi) is 7.40. The first-order chi connectivity index (χ1) is 9.87. The number of rotatable bonds is 9. The minimum atomic E-state index is 0.140. The summed E-state index contributed by atoms with van der Waals surface area (Å²) in [4.78, 5) is 6.82. The van der Waals surface area contributed by atoms with Gasteiger partial charge in [-0.2, -0.15) is 0 Å². The maximum absolute atomic E-state index is 4.33. The van der Waals surface area contributed by atoms with Crippen LogP contribution in [0.5, 0.6) is 0 Å². The van der Waals surface area contributed by atoms with Crippen LogP contribution in [0.1, 0.15) is 66.1 Å². The molecule has 0 aliphatic heterocycles. The Morgan fingerprint density at radius 1 is 1.29 bits per heavy atom. The second kappa shape index (κ2) is 8.54. The Morgan fingerprint density at radius 3 is 2.52 bits per heavy atom. The maximum Gasteiger partial charge on any atom is 0.0951 e. The normalized spacial score (nSPS) is 13.9. The van der Waals surface area contributed by atoms with Crippen LogP contribution in [0.15, 0.2) is 12.5 Å². The molecule has 1 atom stereocenters. The molecule has 0 saturated heterocycles. The molecular formula is C17H34N4. The van der Waals surface area contributed by atoms with E-state index in [9.17, 15) is 0 Å². The van der Waals surface area contributed by atoms with Crippen molar-refractivity contribution in [1.82, 2.24) is 19.8 Å². The molecule has 4 heteroatoms. The monoisotopic (exact) mass is 294 g/mol. The Hall–Kier alpha value is -0.870. The second-order valence-corrected chi connectivity index (χ2v) is 6.91. The molecule has 0 spiro atoms. The van der Waals surface area contributed by atoms with Gasteiger partial charge in [0, 0.05) is 24.3 Å². The molecule has 122 valence electrons. The van der Waals surface area contributed by atoms with Gasteiger partial charge in [-0.3, -0.25) is 0 Å². The van der Waals surface area contributed by atoms with Gasteiger partial charge in [0.1, 0.15) is 0 Å². The van der Waals surface area contributed by atoms with Crippen molar-refractivity contribution >= 4 is 0 Å². The first kappa shape index (κ1) is 18.2. The van der Waals surface area contributed by atoms with E-state index in [2.05, 4.69) is 61.3 Å². The fraction of sp³-hybridized carbons (Fsp3) is 0.824. The fourth-order valence-electron chi connectivity index (χ4n) is 2.51. The maximum atomic E-state index is 4.33. The SMILES string of the molecule is CCN(CC)CCCC(C)n1cncc1CNC(C)(C)C. The summed E-state index contributed by atoms with van der Waals surface area (Å²) in [6.07, 6.45) is 6.41. The van der Waals surface area contributed by atoms with E-state index < -0.39 is 0 Å². The zero-order chi connectivity index (χ0) is 15.9. The van der Waals surface area contributed by atoms with Gasteiger partial charge in [-0.05, 0) is 60.2 Å². The van der Waals surface area contributed by atoms with Gasteiger partial charge in [-0.25, -0.2) is 4.98 Å². The van der Waals surface area contributed by atoms with Gasteiger partial charge in [-0.15, -0.1) is 0 Å². The molecule has 1 rings (SSSR count). The molecule has 0 bridgehead atoms. The van der Waals surface area contributed by atoms with E-state index >= 15 is 0 Å². The third-order valence-corrected chi connectivity index (χ3v) is 4.01. The Balaban J connectivity index is 2.47. The van der Waals surface area contributed by atoms with Crippen LogP contribution in [0.2, 0.25) is 0 Å². The minimum absolute atomic E-state index is 0.140. The van der Waals surface area contributed by atoms with E-state index in [0.717, 1.165) is 19.6 Å². The van der Waals surface area contributed by atoms with Crippen LogP contribution in [0, 0.1) is 0 Å². The van der Waals surface area contributed by atoms with Crippen molar-refractivity contribution in [3.05, 3.63) is 18.2 Å². The molecule has 1 N–H and O–H groups in total. The number of nitrogens with zero attached hydrogens (tertiary/aromatic N) is 3. The first-order valence-electron chi connectivity index (χ1n) is 8.35. The van der Waals surface area contributed by atoms with Gasteiger partial charge in [0.2, 0.25) is 0 Å². The van der Waals surface area contributed by atoms with Crippen LogP contribution >= 0.6 is 0 Å². The zero-order valence-electron chi connectivity index (χ0n) is 14.8. The Bertz CT molecular complexity index is 388. The molecule has 21 heavy (non-hydrogen) atoms. The number of aromatic nitrogens is 2. The smallest absolute Gasteiger partial charge is 0.0951 e. The number of hydrogen-bond donors (Lipinski definition) is 1. The molecule has 1 unspecified atom stereocenters. The van der Waals surface area contributed by atoms with Crippen molar-refractivity contribution in [2.24, 2.45) is 0 Å². The van der Waals surface area contributed by atoms with Crippen molar-refractivity contribution in [2.75, 3.05) is 19.6 Å². The third kappa shape index (κ3) is 6.62. The van der Waals surface area contributed by atoms with E-state index in [1.54, 1.807) is 0 Å². The zero-order valence-corrected chi connectivity index (χ0v) is 14.8. The lowest BCUT2D eigenvalue weighted by molar-refractivity contribution is 0.287. The van der Waals surface area contributed by atoms with Gasteiger partial charge in [0.05, 0.1) is 12.0 Å². The van der Waals surface area contributed by atoms with E-state index in [1.807, 2.05) is 12.5 Å². The molecule has 1 aromatic heterocycles. The summed E-state index contributed by atoms with van der Waals surface area (Å²) in [5, 5.41) is 3.54. The molecule has 0 aliphatic carbocycles. The largest absolute Gasteiger partial charge is 0.331 e. The highest BCUT2D eigenvalue weighted by atomic mass is 15.1. The average Bonchev–Trinajstić information content (AvgIpc) is 2.89. The predicted octanol–water partition coefficient (Wildman–Crippen LogP) is 3.45. The van der Waals surface area contributed by atoms with E-state index in [0.29, 0.717) is 6.04 Å². The van der Waals surface area contributed by atoms with Gasteiger partial charge in [0.15, 0.2) is 0 Å². The molecule has 0 saturated carbocycles. The summed E-state index contributed by atoms with van der Waals surface area (Å²) in [6.45, 7) is 17.7. The first-order valence-corrected chi connectivity index (χ1v) is 8.35. The van der Waals surface area contributed by atoms with Gasteiger partial charge >= 0.3 is 0 Å². The quantitative estimate of drug-likeness (QED) is 0.757. The van der Waals surface area contributed by atoms with E-state index in [-0.39, 0.29) is 5.54 Å². The second-order valence-electron chi connectivity index (χ2n) is 6.91. The van der Waals surface area contributed by atoms with Crippen molar-refractivity contribution in [2.45, 2.75) is 72.5 Å². The molecule has 4 nitrogen and oxygen atoms in total. The van der Waals surface area contributed by atoms with Crippen molar-refractivity contribution in [3.8, 4) is 0 Å². The van der Waals surface area contributed by atoms with Crippen LogP contribution in [0.4, 0.5) is 0 Å². The van der Waals surface area contributed by atoms with Crippen LogP contribution in [-0.2, 0) is 6.54 Å². The Morgan fingerprint density at radius 2 is 1.95 bits per heavy atom. The number of imidazole rings is 1. The van der Waals surface area contributed by atoms with Gasteiger partial charge in [0.25, 0.3) is 0 Å². The highest BCUT2D eigenvalue weighted by Gasteiger charge is 2.13. The topological polar surface area (TPSA) is 33.1 Å². The minimum Gasteiger partial charge on any atom is -0.331 e. The molecule has 0 fully saturated rings. The van der Waals surface area contributed by atoms with Gasteiger partial charge < -0.3 is 14.8 Å². The van der Waals surface area contributed by atoms with Crippen molar-refractivity contribution < 1.29 is 0 Å². The van der Waals surface area contributed by atoms with Crippen LogP contribution in [0.3, 0.4) is 0 Å². The molecule has 0 aromatic carbocycles. The lowest BCUT2D eigenvalue weighted by atomic mass is 10.1. The predicted molar refractivity (Wildman–Crippen MR) is 90.6 cm³/mol. The molecule has 1 aromatic rings. The Labute approximate surface area is 130 Å². The lowest BCUT2D eigenvalue weighted by Crippen LogP contribution is -2.35. The van der Waals surface area contributed by atoms with Crippen molar-refractivity contribution in [3.63, 3.8) is 0 Å². The molecular weight excluding hydrogens is 260 g/mol. The molecule has 0 aliphatic rings. The standard InChI is InChI=1S/C17H34N4/c1-7-20(8-2)11-9-10-15(3)21-14-18-12-16(21)13-19-17(4,5)6/h12,14-15,19H,7-11,13H2,1-6H3. The summed E-state index contributed by atoms with van der Waals surface area (Å²) < 4.78 is 2.32. The van der Waals surface area contributed by atoms with E-state index in [1.165, 1.54) is 25.1 Å². The summed E-state index contributed by atoms with van der Waals surface area (Å²) in [5.41, 5.74) is 1.42. The van der Waals surface area contributed by atoms with Gasteiger partial charge in [-0.1, -0.05) is 13.8 Å². The highest BCUT2D eigenvalue weighted by molar-refractivity contribution is 5.00. The van der Waals surface area contributed by atoms with Crippen LogP contribution in [-0.4, -0.2) is 39.6 Å². The third-order valence-electron chi connectivity index (χ3n) is 4.01. The number of hydrogen-bond acceptors (Lipinski definition) is 3. The molecule has 1 heterocycles. The molecule has 0 amide bonds. The summed E-state index contributed by atoms with van der Waals surface area (Å²) in [7, 11) is 0. The highest BCUT2D eigenvalue weighted by Crippen LogP contribution is 2.16. The summed E-state index contributed by atoms with van der Waals surface area (Å²) >= 11 is 0.